The smallest absolute Gasteiger partial charge is 0.357 e. The highest BCUT2D eigenvalue weighted by Gasteiger charge is 2.30. The van der Waals surface area contributed by atoms with E-state index in [1.165, 1.54) is 34.4 Å². The normalized spacial score (nSPS) is 11.5. The van der Waals surface area contributed by atoms with Gasteiger partial charge >= 0.3 is 6.18 Å². The molecule has 214 valence electrons. The average molecular weight is 561 g/mol. The summed E-state index contributed by atoms with van der Waals surface area (Å²) in [6, 6.07) is 34.2. The third-order valence-electron chi connectivity index (χ3n) is 6.62. The van der Waals surface area contributed by atoms with Crippen molar-refractivity contribution in [2.45, 2.75) is 44.3 Å². The Bertz CT molecular complexity index is 1310. The van der Waals surface area contributed by atoms with Gasteiger partial charge in [-0.15, -0.1) is 0 Å². The van der Waals surface area contributed by atoms with Gasteiger partial charge in [0.1, 0.15) is 0 Å². The second-order valence-corrected chi connectivity index (χ2v) is 9.65. The van der Waals surface area contributed by atoms with Gasteiger partial charge in [-0.2, -0.15) is 13.2 Å². The number of halogens is 3. The molecule has 0 fully saturated rings. The molecular formula is C34H35F3N2O2. The van der Waals surface area contributed by atoms with E-state index in [1.54, 1.807) is 6.07 Å². The molecule has 2 N–H and O–H groups in total. The number of nitrogens with one attached hydrogen (secondary N) is 2. The van der Waals surface area contributed by atoms with Crippen molar-refractivity contribution in [3.63, 3.8) is 0 Å². The highest BCUT2D eigenvalue weighted by Crippen LogP contribution is 2.30. The van der Waals surface area contributed by atoms with Crippen LogP contribution in [0.15, 0.2) is 109 Å². The maximum absolute atomic E-state index is 12.7. The molecule has 4 aromatic carbocycles. The Morgan fingerprint density at radius 3 is 1.85 bits per heavy atom. The van der Waals surface area contributed by atoms with Gasteiger partial charge < -0.3 is 10.6 Å². The minimum atomic E-state index is -4.27. The third kappa shape index (κ3) is 11.3. The van der Waals surface area contributed by atoms with Gasteiger partial charge in [-0.25, -0.2) is 0 Å². The molecule has 7 heteroatoms. The van der Waals surface area contributed by atoms with Gasteiger partial charge in [0.05, 0.1) is 5.56 Å². The first-order valence-corrected chi connectivity index (χ1v) is 13.6. The molecule has 2 amide bonds. The quantitative estimate of drug-likeness (QED) is 0.173. The van der Waals surface area contributed by atoms with E-state index in [4.69, 9.17) is 0 Å². The summed E-state index contributed by atoms with van der Waals surface area (Å²) in [5.41, 5.74) is 4.94. The minimum Gasteiger partial charge on any atom is -0.357 e. The third-order valence-corrected chi connectivity index (χ3v) is 6.62. The van der Waals surface area contributed by atoms with Gasteiger partial charge in [0.2, 0.25) is 12.8 Å². The molecule has 4 nitrogen and oxygen atoms in total. The van der Waals surface area contributed by atoms with Crippen LogP contribution >= 0.6 is 0 Å². The van der Waals surface area contributed by atoms with E-state index in [2.05, 4.69) is 47.0 Å². The summed E-state index contributed by atoms with van der Waals surface area (Å²) in [4.78, 5) is 20.5. The number of hydrogen-bond donors (Lipinski definition) is 2. The van der Waals surface area contributed by atoms with Crippen LogP contribution in [0.3, 0.4) is 0 Å². The predicted molar refractivity (Wildman–Crippen MR) is 157 cm³/mol. The van der Waals surface area contributed by atoms with E-state index >= 15 is 0 Å². The van der Waals surface area contributed by atoms with Crippen LogP contribution in [-0.2, 0) is 35.0 Å². The highest BCUT2D eigenvalue weighted by molar-refractivity contribution is 5.63. The SMILES string of the molecule is FC(F)(F)c1cccc(CCCc2ccc(-c3ccccc3)cc2)c1.O=CNC[C@H](CCc1ccccc1)NC=O. The van der Waals surface area contributed by atoms with E-state index < -0.39 is 11.7 Å². The van der Waals surface area contributed by atoms with Crippen molar-refractivity contribution in [1.29, 1.82) is 0 Å². The van der Waals surface area contributed by atoms with E-state index in [9.17, 15) is 22.8 Å². The lowest BCUT2D eigenvalue weighted by Gasteiger charge is -2.15. The first-order valence-electron chi connectivity index (χ1n) is 13.6. The Balaban J connectivity index is 0.000000250. The number of benzene rings is 4. The van der Waals surface area contributed by atoms with Crippen LogP contribution in [-0.4, -0.2) is 25.4 Å². The van der Waals surface area contributed by atoms with Gasteiger partial charge in [0.15, 0.2) is 0 Å². The zero-order chi connectivity index (χ0) is 29.3. The van der Waals surface area contributed by atoms with Gasteiger partial charge in [-0.3, -0.25) is 9.59 Å². The highest BCUT2D eigenvalue weighted by atomic mass is 19.4. The van der Waals surface area contributed by atoms with Crippen LogP contribution < -0.4 is 10.6 Å². The van der Waals surface area contributed by atoms with Crippen LogP contribution in [0.2, 0.25) is 0 Å². The van der Waals surface area contributed by atoms with E-state index in [-0.39, 0.29) is 6.04 Å². The molecule has 0 bridgehead atoms. The fraction of sp³-hybridized carbons (Fsp3) is 0.235. The number of alkyl halides is 3. The Morgan fingerprint density at radius 1 is 0.634 bits per heavy atom. The lowest BCUT2D eigenvalue weighted by atomic mass is 10.00. The van der Waals surface area contributed by atoms with Crippen molar-refractivity contribution >= 4 is 12.8 Å². The lowest BCUT2D eigenvalue weighted by Crippen LogP contribution is -2.37. The number of carbonyl (C=O) groups is 2. The molecule has 4 rings (SSSR count). The predicted octanol–water partition coefficient (Wildman–Crippen LogP) is 7.03. The van der Waals surface area contributed by atoms with Gasteiger partial charge in [-0.1, -0.05) is 103 Å². The van der Waals surface area contributed by atoms with Crippen LogP contribution in [0.4, 0.5) is 13.2 Å². The number of aryl methyl sites for hydroxylation is 3. The van der Waals surface area contributed by atoms with Crippen molar-refractivity contribution in [3.05, 3.63) is 131 Å². The maximum atomic E-state index is 12.7. The zero-order valence-corrected chi connectivity index (χ0v) is 22.8. The summed E-state index contributed by atoms with van der Waals surface area (Å²) >= 11 is 0. The van der Waals surface area contributed by atoms with Crippen LogP contribution in [0.1, 0.15) is 35.1 Å². The van der Waals surface area contributed by atoms with Crippen molar-refractivity contribution < 1.29 is 22.8 Å². The summed E-state index contributed by atoms with van der Waals surface area (Å²) in [7, 11) is 0. The van der Waals surface area contributed by atoms with Crippen LogP contribution in [0.5, 0.6) is 0 Å². The summed E-state index contributed by atoms with van der Waals surface area (Å²) < 4.78 is 38.2. The molecule has 0 spiro atoms. The molecule has 0 radical (unpaired) electrons. The molecule has 4 aromatic rings. The minimum absolute atomic E-state index is 0.0112. The van der Waals surface area contributed by atoms with Gasteiger partial charge in [0.25, 0.3) is 0 Å². The molecule has 0 aromatic heterocycles. The van der Waals surface area contributed by atoms with E-state index in [1.807, 2.05) is 48.5 Å². The molecule has 1 atom stereocenters. The Labute approximate surface area is 239 Å². The number of hydrogen-bond acceptors (Lipinski definition) is 2. The fourth-order valence-corrected chi connectivity index (χ4v) is 4.41. The van der Waals surface area contributed by atoms with Crippen molar-refractivity contribution in [1.82, 2.24) is 10.6 Å². The van der Waals surface area contributed by atoms with Crippen molar-refractivity contribution in [2.24, 2.45) is 0 Å². The maximum Gasteiger partial charge on any atom is 0.416 e. The second kappa shape index (κ2) is 16.7. The molecule has 0 saturated heterocycles. The lowest BCUT2D eigenvalue weighted by molar-refractivity contribution is -0.137. The largest absolute Gasteiger partial charge is 0.416 e. The first-order chi connectivity index (χ1) is 19.9. The van der Waals surface area contributed by atoms with Gasteiger partial charge in [0, 0.05) is 12.6 Å². The zero-order valence-electron chi connectivity index (χ0n) is 22.8. The molecule has 0 aliphatic carbocycles. The van der Waals surface area contributed by atoms with E-state index in [0.29, 0.717) is 25.8 Å². The van der Waals surface area contributed by atoms with E-state index in [0.717, 1.165) is 37.3 Å². The van der Waals surface area contributed by atoms with Crippen LogP contribution in [0.25, 0.3) is 11.1 Å². The molecule has 0 unspecified atom stereocenters. The molecular weight excluding hydrogens is 525 g/mol. The molecule has 0 saturated carbocycles. The summed E-state index contributed by atoms with van der Waals surface area (Å²) in [5, 5.41) is 5.25. The number of amides is 2. The first kappa shape index (κ1) is 31.1. The molecule has 0 heterocycles. The summed E-state index contributed by atoms with van der Waals surface area (Å²) in [6.45, 7) is 0.467. The Kier molecular flexibility index (Phi) is 12.6. The van der Waals surface area contributed by atoms with Crippen molar-refractivity contribution in [2.75, 3.05) is 6.54 Å². The Morgan fingerprint density at radius 2 is 1.22 bits per heavy atom. The standard InChI is InChI=1S/C22H19F3.C12H16N2O2/c23-22(24,25)21-11-5-8-18(16-21)7-4-6-17-12-14-20(15-13-17)19-9-2-1-3-10-19;15-9-13-8-12(14-10-16)7-6-11-4-2-1-3-5-11/h1-3,5,8-16H,4,6-7H2;1-5,9-10,12H,6-8H2,(H,13,15)(H,14,16)/t;12-/m.0/s1. The number of rotatable bonds is 13. The topological polar surface area (TPSA) is 58.2 Å². The van der Waals surface area contributed by atoms with Gasteiger partial charge in [-0.05, 0) is 66.0 Å². The number of carbonyl (C=O) groups excluding carboxylic acids is 2. The molecule has 0 aliphatic rings. The van der Waals surface area contributed by atoms with Crippen LogP contribution in [0, 0.1) is 0 Å². The summed E-state index contributed by atoms with van der Waals surface area (Å²) in [6.07, 6.45) is 1.05. The average Bonchev–Trinajstić information content (AvgIpc) is 3.00. The second-order valence-electron chi connectivity index (χ2n) is 9.65. The molecule has 0 aliphatic heterocycles. The summed E-state index contributed by atoms with van der Waals surface area (Å²) in [5.74, 6) is 0. The Hall–Kier alpha value is -4.39. The molecule has 41 heavy (non-hydrogen) atoms. The van der Waals surface area contributed by atoms with Crippen molar-refractivity contribution in [3.8, 4) is 11.1 Å². The fourth-order valence-electron chi connectivity index (χ4n) is 4.41. The monoisotopic (exact) mass is 560 g/mol.